The number of nitrogens with two attached hydrogens (primary N) is 1. The molecule has 0 heterocycles. The first kappa shape index (κ1) is 12.9. The molecule has 104 valence electrons. The van der Waals surface area contributed by atoms with Gasteiger partial charge in [0.15, 0.2) is 0 Å². The van der Waals surface area contributed by atoms with E-state index in [-0.39, 0.29) is 18.1 Å². The summed E-state index contributed by atoms with van der Waals surface area (Å²) in [5.41, 5.74) is 8.26. The van der Waals surface area contributed by atoms with Crippen molar-refractivity contribution in [1.82, 2.24) is 4.90 Å². The summed E-state index contributed by atoms with van der Waals surface area (Å²) in [7, 11) is 0. The van der Waals surface area contributed by atoms with E-state index in [9.17, 15) is 13.2 Å². The highest BCUT2D eigenvalue weighted by atomic mass is 19.4. The van der Waals surface area contributed by atoms with Gasteiger partial charge >= 0.3 is 6.18 Å². The molecule has 2 atom stereocenters. The van der Waals surface area contributed by atoms with Gasteiger partial charge in [0.05, 0.1) is 6.54 Å². The third kappa shape index (κ3) is 2.62. The van der Waals surface area contributed by atoms with E-state index in [0.29, 0.717) is 6.42 Å². The predicted molar refractivity (Wildman–Crippen MR) is 66.6 cm³/mol. The number of alkyl halides is 3. The molecule has 0 spiro atoms. The number of hydrogen-bond donors (Lipinski definition) is 1. The zero-order valence-corrected chi connectivity index (χ0v) is 10.5. The van der Waals surface area contributed by atoms with Gasteiger partial charge in [-0.15, -0.1) is 0 Å². The highest BCUT2D eigenvalue weighted by molar-refractivity contribution is 5.37. The lowest BCUT2D eigenvalue weighted by Crippen LogP contribution is -2.47. The maximum Gasteiger partial charge on any atom is 0.401 e. The smallest absolute Gasteiger partial charge is 0.323 e. The Bertz CT molecular complexity index is 468. The van der Waals surface area contributed by atoms with E-state index < -0.39 is 12.7 Å². The van der Waals surface area contributed by atoms with Crippen molar-refractivity contribution in [2.75, 3.05) is 6.54 Å². The number of benzene rings is 1. The second kappa shape index (κ2) is 4.49. The molecule has 1 aromatic carbocycles. The molecular weight excluding hydrogens is 253 g/mol. The summed E-state index contributed by atoms with van der Waals surface area (Å²) in [5, 5.41) is 0. The van der Waals surface area contributed by atoms with E-state index >= 15 is 0 Å². The van der Waals surface area contributed by atoms with Crippen molar-refractivity contribution in [2.45, 2.75) is 43.6 Å². The third-order valence-electron chi connectivity index (χ3n) is 4.06. The Labute approximate surface area is 110 Å². The van der Waals surface area contributed by atoms with Crippen LogP contribution in [0.25, 0.3) is 0 Å². The van der Waals surface area contributed by atoms with Crippen molar-refractivity contribution in [3.8, 4) is 0 Å². The van der Waals surface area contributed by atoms with E-state index in [2.05, 4.69) is 0 Å². The van der Waals surface area contributed by atoms with Crippen LogP contribution in [0.3, 0.4) is 0 Å². The van der Waals surface area contributed by atoms with Gasteiger partial charge in [0, 0.05) is 18.1 Å². The summed E-state index contributed by atoms with van der Waals surface area (Å²) < 4.78 is 38.2. The molecule has 3 rings (SSSR count). The van der Waals surface area contributed by atoms with Gasteiger partial charge in [-0.05, 0) is 30.4 Å². The van der Waals surface area contributed by atoms with Crippen molar-refractivity contribution >= 4 is 0 Å². The van der Waals surface area contributed by atoms with Crippen molar-refractivity contribution < 1.29 is 13.2 Å². The molecule has 0 radical (unpaired) electrons. The predicted octanol–water partition coefficient (Wildman–Crippen LogP) is 2.64. The lowest BCUT2D eigenvalue weighted by Gasteiger charge is -2.32. The monoisotopic (exact) mass is 270 g/mol. The van der Waals surface area contributed by atoms with E-state index in [1.54, 1.807) is 4.90 Å². The molecule has 0 bridgehead atoms. The van der Waals surface area contributed by atoms with Crippen molar-refractivity contribution in [3.05, 3.63) is 35.4 Å². The molecule has 2 aliphatic carbocycles. The molecular formula is C14H17F3N2. The fraction of sp³-hybridized carbons (Fsp3) is 0.571. The van der Waals surface area contributed by atoms with Crippen LogP contribution in [0.5, 0.6) is 0 Å². The van der Waals surface area contributed by atoms with Crippen molar-refractivity contribution in [3.63, 3.8) is 0 Å². The summed E-state index contributed by atoms with van der Waals surface area (Å²) in [6.07, 6.45) is -1.81. The molecule has 0 aliphatic heterocycles. The van der Waals surface area contributed by atoms with Crippen LogP contribution < -0.4 is 5.73 Å². The molecule has 1 fully saturated rings. The number of hydrogen-bond acceptors (Lipinski definition) is 2. The summed E-state index contributed by atoms with van der Waals surface area (Å²) in [6, 6.07) is 7.25. The second-order valence-corrected chi connectivity index (χ2v) is 5.51. The lowest BCUT2D eigenvalue weighted by molar-refractivity contribution is -0.153. The zero-order chi connectivity index (χ0) is 13.6. The standard InChI is InChI=1S/C14H17F3N2/c15-14(16,17)8-19(10-5-6-10)12-7-9-3-1-2-4-11(9)13(12)18/h1-4,10,12-13H,5-8,18H2. The lowest BCUT2D eigenvalue weighted by atomic mass is 10.1. The maximum absolute atomic E-state index is 12.7. The van der Waals surface area contributed by atoms with Gasteiger partial charge in [0.25, 0.3) is 0 Å². The quantitative estimate of drug-likeness (QED) is 0.915. The van der Waals surface area contributed by atoms with Gasteiger partial charge in [-0.1, -0.05) is 24.3 Å². The Morgan fingerprint density at radius 1 is 1.21 bits per heavy atom. The van der Waals surface area contributed by atoms with Crippen molar-refractivity contribution in [2.24, 2.45) is 5.73 Å². The fourth-order valence-corrected chi connectivity index (χ4v) is 3.06. The minimum atomic E-state index is -4.16. The Morgan fingerprint density at radius 2 is 1.89 bits per heavy atom. The molecule has 2 nitrogen and oxygen atoms in total. The largest absolute Gasteiger partial charge is 0.401 e. The SMILES string of the molecule is NC1c2ccccc2CC1N(CC(F)(F)F)C1CC1. The molecule has 1 aromatic rings. The van der Waals surface area contributed by atoms with Crippen LogP contribution in [0.1, 0.15) is 30.0 Å². The van der Waals surface area contributed by atoms with Crippen LogP contribution in [0, 0.1) is 0 Å². The van der Waals surface area contributed by atoms with Gasteiger partial charge in [0.1, 0.15) is 0 Å². The van der Waals surface area contributed by atoms with E-state index in [1.807, 2.05) is 24.3 Å². The number of nitrogens with zero attached hydrogens (tertiary/aromatic N) is 1. The van der Waals surface area contributed by atoms with Crippen LogP contribution >= 0.6 is 0 Å². The summed E-state index contributed by atoms with van der Waals surface area (Å²) >= 11 is 0. The molecule has 19 heavy (non-hydrogen) atoms. The highest BCUT2D eigenvalue weighted by Gasteiger charge is 2.45. The zero-order valence-electron chi connectivity index (χ0n) is 10.5. The first-order valence-electron chi connectivity index (χ1n) is 6.61. The molecule has 0 amide bonds. The third-order valence-corrected chi connectivity index (χ3v) is 4.06. The Hall–Kier alpha value is -1.07. The average molecular weight is 270 g/mol. The number of halogens is 3. The van der Waals surface area contributed by atoms with Crippen LogP contribution in [0.4, 0.5) is 13.2 Å². The first-order chi connectivity index (χ1) is 8.96. The van der Waals surface area contributed by atoms with Crippen LogP contribution in [-0.4, -0.2) is 29.7 Å². The molecule has 0 saturated heterocycles. The summed E-state index contributed by atoms with van der Waals surface area (Å²) in [4.78, 5) is 1.57. The van der Waals surface area contributed by atoms with Gasteiger partial charge in [-0.2, -0.15) is 13.2 Å². The second-order valence-electron chi connectivity index (χ2n) is 5.51. The summed E-state index contributed by atoms with van der Waals surface area (Å²) in [5.74, 6) is 0. The molecule has 2 aliphatic rings. The molecule has 2 unspecified atom stereocenters. The highest BCUT2D eigenvalue weighted by Crippen LogP contribution is 2.39. The first-order valence-corrected chi connectivity index (χ1v) is 6.61. The molecule has 5 heteroatoms. The van der Waals surface area contributed by atoms with Crippen molar-refractivity contribution in [1.29, 1.82) is 0 Å². The molecule has 2 N–H and O–H groups in total. The van der Waals surface area contributed by atoms with Crippen LogP contribution in [0.15, 0.2) is 24.3 Å². The van der Waals surface area contributed by atoms with Gasteiger partial charge < -0.3 is 5.73 Å². The normalized spacial score (nSPS) is 26.8. The van der Waals surface area contributed by atoms with Gasteiger partial charge in [-0.3, -0.25) is 4.90 Å². The number of rotatable bonds is 3. The van der Waals surface area contributed by atoms with E-state index in [1.165, 1.54) is 0 Å². The van der Waals surface area contributed by atoms with Crippen LogP contribution in [-0.2, 0) is 6.42 Å². The van der Waals surface area contributed by atoms with Crippen LogP contribution in [0.2, 0.25) is 0 Å². The van der Waals surface area contributed by atoms with Gasteiger partial charge in [0.2, 0.25) is 0 Å². The van der Waals surface area contributed by atoms with Gasteiger partial charge in [-0.25, -0.2) is 0 Å². The summed E-state index contributed by atoms with van der Waals surface area (Å²) in [6.45, 7) is -0.843. The minimum Gasteiger partial charge on any atom is -0.323 e. The van der Waals surface area contributed by atoms with E-state index in [4.69, 9.17) is 5.73 Å². The Balaban J connectivity index is 1.82. The minimum absolute atomic E-state index is 0.0620. The topological polar surface area (TPSA) is 29.3 Å². The molecule has 1 saturated carbocycles. The average Bonchev–Trinajstić information content (AvgIpc) is 3.12. The maximum atomic E-state index is 12.7. The molecule has 0 aromatic heterocycles. The Kier molecular flexibility index (Phi) is 3.06. The Morgan fingerprint density at radius 3 is 2.47 bits per heavy atom. The van der Waals surface area contributed by atoms with E-state index in [0.717, 1.165) is 24.0 Å². The fourth-order valence-electron chi connectivity index (χ4n) is 3.06. The number of fused-ring (bicyclic) bond motifs is 1.